The summed E-state index contributed by atoms with van der Waals surface area (Å²) >= 11 is 0. The average Bonchev–Trinajstić information content (AvgIpc) is 2.29. The fraction of sp³-hybridized carbons (Fsp3) is 0.400. The predicted octanol–water partition coefficient (Wildman–Crippen LogP) is 1.87. The van der Waals surface area contributed by atoms with Gasteiger partial charge in [0, 0.05) is 6.07 Å². The number of carbonyl (C=O) groups is 1. The summed E-state index contributed by atoms with van der Waals surface area (Å²) in [4.78, 5) is 24.3. The third kappa shape index (κ3) is 3.40. The van der Waals surface area contributed by atoms with Crippen LogP contribution in [0.2, 0.25) is 0 Å². The van der Waals surface area contributed by atoms with Crippen molar-refractivity contribution in [3.63, 3.8) is 0 Å². The Kier molecular flexibility index (Phi) is 4.38. The van der Waals surface area contributed by atoms with Gasteiger partial charge in [-0.1, -0.05) is 13.3 Å². The van der Waals surface area contributed by atoms with Gasteiger partial charge < -0.3 is 9.84 Å². The van der Waals surface area contributed by atoms with Gasteiger partial charge in [0.2, 0.25) is 5.88 Å². The number of hydrogen-bond donors (Lipinski definition) is 1. The average molecular weight is 240 g/mol. The largest absolute Gasteiger partial charge is 0.477 e. The number of carboxylic acids is 1. The Morgan fingerprint density at radius 3 is 2.88 bits per heavy atom. The number of ether oxygens (including phenoxy) is 1. The van der Waals surface area contributed by atoms with Gasteiger partial charge in [0.15, 0.2) is 0 Å². The molecule has 7 heteroatoms. The minimum atomic E-state index is -1.30. The molecule has 0 radical (unpaired) electrons. The topological polar surface area (TPSA) is 103 Å². The summed E-state index contributed by atoms with van der Waals surface area (Å²) in [5.41, 5.74) is -0.666. The van der Waals surface area contributed by atoms with E-state index < -0.39 is 10.9 Å². The quantitative estimate of drug-likeness (QED) is 0.462. The summed E-state index contributed by atoms with van der Waals surface area (Å²) in [7, 11) is 0. The van der Waals surface area contributed by atoms with Gasteiger partial charge in [-0.05, 0) is 6.42 Å². The van der Waals surface area contributed by atoms with Crippen molar-refractivity contribution in [3.05, 3.63) is 27.9 Å². The van der Waals surface area contributed by atoms with Crippen molar-refractivity contribution in [1.82, 2.24) is 4.98 Å². The van der Waals surface area contributed by atoms with Crippen molar-refractivity contribution < 1.29 is 19.6 Å². The molecular weight excluding hydrogens is 228 g/mol. The Bertz CT molecular complexity index is 433. The third-order valence-electron chi connectivity index (χ3n) is 2.01. The molecule has 1 heterocycles. The van der Waals surface area contributed by atoms with E-state index >= 15 is 0 Å². The van der Waals surface area contributed by atoms with Crippen molar-refractivity contribution in [2.45, 2.75) is 19.8 Å². The van der Waals surface area contributed by atoms with Crippen LogP contribution in [0.5, 0.6) is 5.88 Å². The first kappa shape index (κ1) is 12.9. The molecule has 1 aromatic heterocycles. The van der Waals surface area contributed by atoms with E-state index in [-0.39, 0.29) is 17.1 Å². The molecule has 0 bridgehead atoms. The monoisotopic (exact) mass is 240 g/mol. The van der Waals surface area contributed by atoms with Gasteiger partial charge >= 0.3 is 5.97 Å². The smallest absolute Gasteiger partial charge is 0.341 e. The lowest BCUT2D eigenvalue weighted by Gasteiger charge is -2.06. The summed E-state index contributed by atoms with van der Waals surface area (Å²) in [6.45, 7) is 2.30. The number of nitro groups is 1. The predicted molar refractivity (Wildman–Crippen MR) is 58.3 cm³/mol. The standard InChI is InChI=1S/C10H12N2O5/c1-2-3-4-17-9-8(10(13)14)5-7(6-11-9)12(15)16/h5-6H,2-4H2,1H3,(H,13,14). The van der Waals surface area contributed by atoms with Crippen molar-refractivity contribution in [3.8, 4) is 5.88 Å². The zero-order valence-corrected chi connectivity index (χ0v) is 9.25. The summed E-state index contributed by atoms with van der Waals surface area (Å²) in [5.74, 6) is -1.38. The molecule has 0 atom stereocenters. The summed E-state index contributed by atoms with van der Waals surface area (Å²) in [6, 6.07) is 0.941. The highest BCUT2D eigenvalue weighted by atomic mass is 16.6. The van der Waals surface area contributed by atoms with E-state index in [0.29, 0.717) is 6.61 Å². The first-order valence-electron chi connectivity index (χ1n) is 5.06. The van der Waals surface area contributed by atoms with Crippen LogP contribution in [0.3, 0.4) is 0 Å². The van der Waals surface area contributed by atoms with Crippen LogP contribution in [0.25, 0.3) is 0 Å². The van der Waals surface area contributed by atoms with Crippen LogP contribution >= 0.6 is 0 Å². The highest BCUT2D eigenvalue weighted by molar-refractivity contribution is 5.90. The number of hydrogen-bond acceptors (Lipinski definition) is 5. The van der Waals surface area contributed by atoms with Crippen LogP contribution in [0.15, 0.2) is 12.3 Å². The van der Waals surface area contributed by atoms with Crippen LogP contribution < -0.4 is 4.74 Å². The molecule has 0 fully saturated rings. The Labute approximate surface area is 97.2 Å². The second-order valence-electron chi connectivity index (χ2n) is 3.31. The molecule has 1 N–H and O–H groups in total. The van der Waals surface area contributed by atoms with E-state index in [1.165, 1.54) is 0 Å². The molecule has 0 spiro atoms. The minimum Gasteiger partial charge on any atom is -0.477 e. The Morgan fingerprint density at radius 1 is 1.65 bits per heavy atom. The molecule has 0 aliphatic carbocycles. The van der Waals surface area contributed by atoms with Gasteiger partial charge in [-0.25, -0.2) is 9.78 Å². The number of rotatable bonds is 6. The van der Waals surface area contributed by atoms with Crippen LogP contribution in [0.1, 0.15) is 30.1 Å². The van der Waals surface area contributed by atoms with Gasteiger partial charge in [0.1, 0.15) is 11.8 Å². The first-order chi connectivity index (χ1) is 8.06. The van der Waals surface area contributed by atoms with Gasteiger partial charge in [0.25, 0.3) is 5.69 Å². The molecule has 0 saturated heterocycles. The van der Waals surface area contributed by atoms with Gasteiger partial charge in [-0.3, -0.25) is 10.1 Å². The van der Waals surface area contributed by atoms with Crippen molar-refractivity contribution in [2.24, 2.45) is 0 Å². The molecular formula is C10H12N2O5. The summed E-state index contributed by atoms with van der Waals surface area (Å²) in [6.07, 6.45) is 2.64. The van der Waals surface area contributed by atoms with E-state index in [0.717, 1.165) is 25.1 Å². The maximum Gasteiger partial charge on any atom is 0.341 e. The van der Waals surface area contributed by atoms with Crippen LogP contribution in [-0.4, -0.2) is 27.6 Å². The fourth-order valence-corrected chi connectivity index (χ4v) is 1.12. The number of pyridine rings is 1. The van der Waals surface area contributed by atoms with Gasteiger partial charge in [0.05, 0.1) is 11.5 Å². The molecule has 0 saturated carbocycles. The molecule has 17 heavy (non-hydrogen) atoms. The number of aromatic nitrogens is 1. The lowest BCUT2D eigenvalue weighted by Crippen LogP contribution is -2.07. The summed E-state index contributed by atoms with van der Waals surface area (Å²) in [5, 5.41) is 19.4. The zero-order valence-electron chi connectivity index (χ0n) is 9.25. The van der Waals surface area contributed by atoms with Crippen LogP contribution in [0, 0.1) is 10.1 Å². The van der Waals surface area contributed by atoms with Gasteiger partial charge in [-0.15, -0.1) is 0 Å². The molecule has 0 aliphatic rings. The van der Waals surface area contributed by atoms with E-state index in [1.54, 1.807) is 0 Å². The third-order valence-corrected chi connectivity index (χ3v) is 2.01. The molecule has 0 unspecified atom stereocenters. The van der Waals surface area contributed by atoms with Crippen molar-refractivity contribution in [2.75, 3.05) is 6.61 Å². The Balaban J connectivity index is 2.96. The zero-order chi connectivity index (χ0) is 12.8. The lowest BCUT2D eigenvalue weighted by atomic mass is 10.2. The number of carboxylic acid groups (broad SMARTS) is 1. The second kappa shape index (κ2) is 5.78. The Hall–Kier alpha value is -2.18. The molecule has 1 aromatic rings. The number of aromatic carboxylic acids is 1. The van der Waals surface area contributed by atoms with Crippen LogP contribution in [0.4, 0.5) is 5.69 Å². The highest BCUT2D eigenvalue weighted by Crippen LogP contribution is 2.21. The van der Waals surface area contributed by atoms with Crippen molar-refractivity contribution in [1.29, 1.82) is 0 Å². The summed E-state index contributed by atoms with van der Waals surface area (Å²) < 4.78 is 5.16. The molecule has 0 aromatic carbocycles. The highest BCUT2D eigenvalue weighted by Gasteiger charge is 2.18. The minimum absolute atomic E-state index is 0.0865. The molecule has 92 valence electrons. The van der Waals surface area contributed by atoms with Gasteiger partial charge in [-0.2, -0.15) is 0 Å². The molecule has 0 aliphatic heterocycles. The number of nitrogens with zero attached hydrogens (tertiary/aromatic N) is 2. The van der Waals surface area contributed by atoms with Crippen LogP contribution in [-0.2, 0) is 0 Å². The Morgan fingerprint density at radius 2 is 2.35 bits per heavy atom. The maximum absolute atomic E-state index is 10.9. The maximum atomic E-state index is 10.9. The lowest BCUT2D eigenvalue weighted by molar-refractivity contribution is -0.385. The first-order valence-corrected chi connectivity index (χ1v) is 5.06. The van der Waals surface area contributed by atoms with E-state index in [1.807, 2.05) is 6.92 Å². The van der Waals surface area contributed by atoms with E-state index in [4.69, 9.17) is 9.84 Å². The molecule has 1 rings (SSSR count). The second-order valence-corrected chi connectivity index (χ2v) is 3.31. The molecule has 0 amide bonds. The number of unbranched alkanes of at least 4 members (excludes halogenated alkanes) is 1. The van der Waals surface area contributed by atoms with Crippen molar-refractivity contribution >= 4 is 11.7 Å². The SMILES string of the molecule is CCCCOc1ncc([N+](=O)[O-])cc1C(=O)O. The fourth-order valence-electron chi connectivity index (χ4n) is 1.12. The van der Waals surface area contributed by atoms with E-state index in [2.05, 4.69) is 4.98 Å². The van der Waals surface area contributed by atoms with E-state index in [9.17, 15) is 14.9 Å². The molecule has 7 nitrogen and oxygen atoms in total. The normalized spacial score (nSPS) is 9.94.